The highest BCUT2D eigenvalue weighted by Gasteiger charge is 2.31. The third-order valence-electron chi connectivity index (χ3n) is 4.89. The molecule has 2 N–H and O–H groups in total. The molecule has 0 amide bonds. The fourth-order valence-corrected chi connectivity index (χ4v) is 3.31. The first-order valence-corrected chi connectivity index (χ1v) is 9.17. The Morgan fingerprint density at radius 1 is 1.11 bits per heavy atom. The highest BCUT2D eigenvalue weighted by Crippen LogP contribution is 2.33. The zero-order chi connectivity index (χ0) is 19.3. The van der Waals surface area contributed by atoms with Crippen molar-refractivity contribution in [3.8, 4) is 0 Å². The zero-order valence-corrected chi connectivity index (χ0v) is 15.2. The van der Waals surface area contributed by atoms with Crippen LogP contribution in [0.25, 0.3) is 6.08 Å². The summed E-state index contributed by atoms with van der Waals surface area (Å²) in [6, 6.07) is 3.74. The van der Waals surface area contributed by atoms with Gasteiger partial charge in [-0.05, 0) is 35.4 Å². The maximum atomic E-state index is 12.9. The van der Waals surface area contributed by atoms with Crippen LogP contribution in [-0.4, -0.2) is 80.1 Å². The van der Waals surface area contributed by atoms with Crippen molar-refractivity contribution in [1.82, 2.24) is 9.80 Å². The maximum Gasteiger partial charge on any atom is 0.416 e. The Morgan fingerprint density at radius 2 is 1.81 bits per heavy atom. The number of nitrogens with zero attached hydrogens (tertiary/aromatic N) is 3. The van der Waals surface area contributed by atoms with Gasteiger partial charge in [-0.15, -0.1) is 0 Å². The van der Waals surface area contributed by atoms with Gasteiger partial charge in [0, 0.05) is 57.7 Å². The first kappa shape index (κ1) is 19.9. The van der Waals surface area contributed by atoms with Gasteiger partial charge in [0.2, 0.25) is 0 Å². The quantitative estimate of drug-likeness (QED) is 0.741. The van der Waals surface area contributed by atoms with Gasteiger partial charge in [0.1, 0.15) is 0 Å². The molecule has 1 aromatic rings. The number of nitrogens with one attached hydrogen (secondary N) is 1. The number of anilines is 1. The van der Waals surface area contributed by atoms with E-state index in [1.165, 1.54) is 12.1 Å². The number of piperazine rings is 1. The Hall–Kier alpha value is -1.90. The van der Waals surface area contributed by atoms with Crippen molar-refractivity contribution in [3.05, 3.63) is 34.9 Å². The Labute approximate surface area is 157 Å². The number of aliphatic hydroxyl groups is 1. The molecule has 0 unspecified atom stereocenters. The molecule has 2 aliphatic rings. The topological polar surface area (TPSA) is 51.1 Å². The fourth-order valence-electron chi connectivity index (χ4n) is 3.31. The molecule has 0 saturated carbocycles. The van der Waals surface area contributed by atoms with Crippen LogP contribution in [0.5, 0.6) is 0 Å². The number of halogens is 3. The van der Waals surface area contributed by atoms with Gasteiger partial charge in [-0.2, -0.15) is 13.2 Å². The van der Waals surface area contributed by atoms with Crippen molar-refractivity contribution in [1.29, 1.82) is 0 Å². The lowest BCUT2D eigenvalue weighted by molar-refractivity contribution is -0.137. The van der Waals surface area contributed by atoms with E-state index in [9.17, 15) is 13.2 Å². The van der Waals surface area contributed by atoms with Crippen molar-refractivity contribution in [2.45, 2.75) is 6.18 Å². The van der Waals surface area contributed by atoms with Gasteiger partial charge < -0.3 is 10.4 Å². The summed E-state index contributed by atoms with van der Waals surface area (Å²) in [5.41, 5.74) is 1.48. The molecule has 5 nitrogen and oxygen atoms in total. The summed E-state index contributed by atoms with van der Waals surface area (Å²) in [6.45, 7) is 6.84. The molecule has 148 valence electrons. The molecule has 0 radical (unpaired) electrons. The van der Waals surface area contributed by atoms with Crippen molar-refractivity contribution < 1.29 is 18.3 Å². The second-order valence-corrected chi connectivity index (χ2v) is 6.81. The normalized spacial score (nSPS) is 19.0. The van der Waals surface area contributed by atoms with Crippen LogP contribution in [0, 0.1) is 0 Å². The molecule has 0 aromatic heterocycles. The lowest BCUT2D eigenvalue weighted by atomic mass is 10.0. The Kier molecular flexibility index (Phi) is 6.51. The molecule has 1 saturated heterocycles. The largest absolute Gasteiger partial charge is 0.416 e. The van der Waals surface area contributed by atoms with Crippen LogP contribution >= 0.6 is 0 Å². The third kappa shape index (κ3) is 5.54. The molecule has 0 spiro atoms. The van der Waals surface area contributed by atoms with Crippen molar-refractivity contribution in [2.75, 3.05) is 64.3 Å². The van der Waals surface area contributed by atoms with Gasteiger partial charge in [-0.25, -0.2) is 0 Å². The van der Waals surface area contributed by atoms with Gasteiger partial charge in [-0.3, -0.25) is 14.8 Å². The molecule has 3 rings (SSSR count). The van der Waals surface area contributed by atoms with Crippen LogP contribution in [0.1, 0.15) is 11.1 Å². The summed E-state index contributed by atoms with van der Waals surface area (Å²) >= 11 is 0. The van der Waals surface area contributed by atoms with E-state index in [2.05, 4.69) is 20.1 Å². The first-order valence-electron chi connectivity index (χ1n) is 9.17. The lowest BCUT2D eigenvalue weighted by Gasteiger charge is -2.33. The summed E-state index contributed by atoms with van der Waals surface area (Å²) in [5, 5.41) is 12.1. The van der Waals surface area contributed by atoms with Crippen LogP contribution in [0.15, 0.2) is 28.8 Å². The van der Waals surface area contributed by atoms with Crippen molar-refractivity contribution in [2.24, 2.45) is 4.99 Å². The fraction of sp³-hybridized carbons (Fsp3) is 0.526. The minimum atomic E-state index is -4.34. The molecule has 8 heteroatoms. The molecule has 0 bridgehead atoms. The minimum Gasteiger partial charge on any atom is -0.395 e. The molecule has 1 aromatic carbocycles. The minimum absolute atomic E-state index is 0.195. The number of aliphatic imine (C=N–C) groups is 1. The molecule has 0 atom stereocenters. The number of hydrogen-bond donors (Lipinski definition) is 2. The average Bonchev–Trinajstić information content (AvgIpc) is 2.65. The molecule has 2 heterocycles. The number of β-amino-alcohol motifs (C(OH)–C–C–N with tert-alkyl or cyclic N) is 1. The Balaban J connectivity index is 1.51. The summed E-state index contributed by atoms with van der Waals surface area (Å²) in [5.74, 6) is 0. The van der Waals surface area contributed by atoms with E-state index in [1.54, 1.807) is 12.3 Å². The third-order valence-corrected chi connectivity index (χ3v) is 4.89. The number of aliphatic hydroxyl groups excluding tert-OH is 1. The second-order valence-electron chi connectivity index (χ2n) is 6.81. The van der Waals surface area contributed by atoms with Gasteiger partial charge in [0.05, 0.1) is 18.7 Å². The molecular formula is C19H25F3N4O. The zero-order valence-electron chi connectivity index (χ0n) is 15.2. The predicted octanol–water partition coefficient (Wildman–Crippen LogP) is 2.20. The highest BCUT2D eigenvalue weighted by atomic mass is 19.4. The summed E-state index contributed by atoms with van der Waals surface area (Å²) in [6.07, 6.45) is -0.827. The van der Waals surface area contributed by atoms with E-state index in [4.69, 9.17) is 5.11 Å². The predicted molar refractivity (Wildman–Crippen MR) is 101 cm³/mol. The number of fused-ring (bicyclic) bond motifs is 1. The van der Waals surface area contributed by atoms with Crippen LogP contribution in [0.4, 0.5) is 18.9 Å². The Bertz CT molecular complexity index is 695. The van der Waals surface area contributed by atoms with Crippen LogP contribution in [0.2, 0.25) is 0 Å². The van der Waals surface area contributed by atoms with Gasteiger partial charge >= 0.3 is 6.18 Å². The van der Waals surface area contributed by atoms with E-state index < -0.39 is 11.7 Å². The molecule has 2 aliphatic heterocycles. The lowest BCUT2D eigenvalue weighted by Crippen LogP contribution is -2.47. The van der Waals surface area contributed by atoms with E-state index in [-0.39, 0.29) is 6.61 Å². The van der Waals surface area contributed by atoms with E-state index in [0.29, 0.717) is 24.3 Å². The summed E-state index contributed by atoms with van der Waals surface area (Å²) in [7, 11) is 0. The average molecular weight is 382 g/mol. The van der Waals surface area contributed by atoms with Crippen molar-refractivity contribution in [3.63, 3.8) is 0 Å². The molecule has 0 aliphatic carbocycles. The van der Waals surface area contributed by atoms with E-state index >= 15 is 0 Å². The standard InChI is InChI=1S/C19H25F3N4O/c20-19(21,22)17-1-2-18-16(12-17)11-15(14-24-18)13-23-3-4-25-5-7-26(8-6-25)9-10-27/h1-2,11-13,24,27H,3-10,14H2. The first-order chi connectivity index (χ1) is 13.0. The van der Waals surface area contributed by atoms with Crippen LogP contribution < -0.4 is 5.32 Å². The summed E-state index contributed by atoms with van der Waals surface area (Å²) in [4.78, 5) is 9.02. The van der Waals surface area contributed by atoms with E-state index in [0.717, 1.165) is 50.9 Å². The molecular weight excluding hydrogens is 357 g/mol. The summed E-state index contributed by atoms with van der Waals surface area (Å²) < 4.78 is 38.6. The highest BCUT2D eigenvalue weighted by molar-refractivity contribution is 5.90. The smallest absolute Gasteiger partial charge is 0.395 e. The maximum absolute atomic E-state index is 12.9. The monoisotopic (exact) mass is 382 g/mol. The number of alkyl halides is 3. The van der Waals surface area contributed by atoms with Crippen molar-refractivity contribution >= 4 is 18.0 Å². The van der Waals surface area contributed by atoms with Crippen LogP contribution in [0.3, 0.4) is 0 Å². The van der Waals surface area contributed by atoms with Gasteiger partial charge in [0.15, 0.2) is 0 Å². The second kappa shape index (κ2) is 8.86. The van der Waals surface area contributed by atoms with Gasteiger partial charge in [-0.1, -0.05) is 0 Å². The number of rotatable bonds is 6. The van der Waals surface area contributed by atoms with E-state index in [1.807, 2.05) is 0 Å². The molecule has 1 fully saturated rings. The van der Waals surface area contributed by atoms with Crippen LogP contribution in [-0.2, 0) is 6.18 Å². The Morgan fingerprint density at radius 3 is 2.48 bits per heavy atom. The number of hydrogen-bond acceptors (Lipinski definition) is 5. The SMILES string of the molecule is OCCN1CCN(CCN=CC2=Cc3cc(C(F)(F)F)ccc3NC2)CC1. The molecule has 27 heavy (non-hydrogen) atoms. The number of benzene rings is 1. The van der Waals surface area contributed by atoms with Gasteiger partial charge in [0.25, 0.3) is 0 Å².